The summed E-state index contributed by atoms with van der Waals surface area (Å²) in [6, 6.07) is 7.40. The average molecular weight is 184 g/mol. The predicted molar refractivity (Wildman–Crippen MR) is 51.2 cm³/mol. The number of hydrogen-bond acceptors (Lipinski definition) is 1. The molecule has 0 aliphatic rings. The normalized spacial score (nSPS) is 15.7. The molecule has 0 bridgehead atoms. The highest BCUT2D eigenvalue weighted by Gasteiger charge is 2.10. The van der Waals surface area contributed by atoms with E-state index in [4.69, 9.17) is 11.6 Å². The van der Waals surface area contributed by atoms with Gasteiger partial charge in [0.1, 0.15) is 0 Å². The fourth-order valence-corrected chi connectivity index (χ4v) is 1.21. The zero-order valence-electron chi connectivity index (χ0n) is 7.00. The van der Waals surface area contributed by atoms with E-state index in [0.717, 1.165) is 5.56 Å². The summed E-state index contributed by atoms with van der Waals surface area (Å²) in [4.78, 5) is 0. The fraction of sp³-hybridized carbons (Fsp3) is 0.300. The Labute approximate surface area is 78.0 Å². The van der Waals surface area contributed by atoms with E-state index in [1.807, 2.05) is 18.2 Å². The molecule has 2 atom stereocenters. The van der Waals surface area contributed by atoms with Crippen LogP contribution in [0.25, 0.3) is 0 Å². The third-order valence-electron chi connectivity index (χ3n) is 1.86. The Hall–Kier alpha value is -0.530. The average Bonchev–Trinajstić information content (AvgIpc) is 2.03. The van der Waals surface area contributed by atoms with Crippen LogP contribution in [-0.4, -0.2) is 11.2 Å². The molecule has 65 valence electrons. The number of halogens is 1. The molecular formula is C10H12ClO. The van der Waals surface area contributed by atoms with Crippen LogP contribution in [0.3, 0.4) is 0 Å². The lowest BCUT2D eigenvalue weighted by Crippen LogP contribution is -2.10. The zero-order chi connectivity index (χ0) is 9.14. The minimum atomic E-state index is -0.441. The van der Waals surface area contributed by atoms with Gasteiger partial charge < -0.3 is 5.11 Å². The van der Waals surface area contributed by atoms with Crippen molar-refractivity contribution in [2.24, 2.45) is 0 Å². The molecule has 1 nitrogen and oxygen atoms in total. The van der Waals surface area contributed by atoms with E-state index in [2.05, 4.69) is 6.92 Å². The van der Waals surface area contributed by atoms with Crippen molar-refractivity contribution in [1.82, 2.24) is 0 Å². The molecule has 1 aromatic carbocycles. The standard InChI is InChI=1S/C10H12ClO/c1-7(8(2)12)9-4-3-5-10(11)6-9/h3-8,12H,1H2,2H3. The molecule has 1 aromatic rings. The van der Waals surface area contributed by atoms with E-state index in [-0.39, 0.29) is 5.92 Å². The summed E-state index contributed by atoms with van der Waals surface area (Å²) in [7, 11) is 0. The quantitative estimate of drug-likeness (QED) is 0.748. The van der Waals surface area contributed by atoms with Crippen LogP contribution in [0, 0.1) is 6.92 Å². The smallest absolute Gasteiger partial charge is 0.0580 e. The van der Waals surface area contributed by atoms with Crippen molar-refractivity contribution >= 4 is 11.6 Å². The molecule has 1 radical (unpaired) electrons. The molecule has 0 amide bonds. The maximum Gasteiger partial charge on any atom is 0.0580 e. The van der Waals surface area contributed by atoms with Crippen LogP contribution in [-0.2, 0) is 0 Å². The number of rotatable bonds is 2. The SMILES string of the molecule is [CH2]C(c1cccc(Cl)c1)C(C)O. The molecule has 0 fully saturated rings. The highest BCUT2D eigenvalue weighted by Crippen LogP contribution is 2.21. The Morgan fingerprint density at radius 2 is 2.17 bits per heavy atom. The van der Waals surface area contributed by atoms with Crippen LogP contribution >= 0.6 is 11.6 Å². The molecule has 2 unspecified atom stereocenters. The first-order valence-corrected chi connectivity index (χ1v) is 4.25. The Balaban J connectivity index is 2.88. The van der Waals surface area contributed by atoms with Gasteiger partial charge in [-0.1, -0.05) is 23.7 Å². The lowest BCUT2D eigenvalue weighted by atomic mass is 9.97. The van der Waals surface area contributed by atoms with Crippen LogP contribution in [0.4, 0.5) is 0 Å². The third kappa shape index (κ3) is 2.23. The summed E-state index contributed by atoms with van der Waals surface area (Å²) in [5.74, 6) is -0.108. The van der Waals surface area contributed by atoms with Crippen LogP contribution < -0.4 is 0 Å². The lowest BCUT2D eigenvalue weighted by Gasteiger charge is -2.14. The Morgan fingerprint density at radius 3 is 2.67 bits per heavy atom. The first-order valence-electron chi connectivity index (χ1n) is 3.88. The van der Waals surface area contributed by atoms with Gasteiger partial charge in [0, 0.05) is 10.9 Å². The van der Waals surface area contributed by atoms with E-state index in [1.165, 1.54) is 0 Å². The second-order valence-corrected chi connectivity index (χ2v) is 3.34. The molecule has 0 saturated heterocycles. The number of aliphatic hydroxyl groups excluding tert-OH is 1. The van der Waals surface area contributed by atoms with Gasteiger partial charge in [-0.2, -0.15) is 0 Å². The van der Waals surface area contributed by atoms with Gasteiger partial charge in [-0.3, -0.25) is 0 Å². The van der Waals surface area contributed by atoms with E-state index in [0.29, 0.717) is 5.02 Å². The maximum atomic E-state index is 9.26. The zero-order valence-corrected chi connectivity index (χ0v) is 7.75. The van der Waals surface area contributed by atoms with Gasteiger partial charge >= 0.3 is 0 Å². The topological polar surface area (TPSA) is 20.2 Å². The van der Waals surface area contributed by atoms with Crippen LogP contribution in [0.15, 0.2) is 24.3 Å². The summed E-state index contributed by atoms with van der Waals surface area (Å²) in [5.41, 5.74) is 0.970. The summed E-state index contributed by atoms with van der Waals surface area (Å²) >= 11 is 5.78. The second kappa shape index (κ2) is 3.92. The molecule has 0 aliphatic carbocycles. The molecule has 12 heavy (non-hydrogen) atoms. The summed E-state index contributed by atoms with van der Waals surface area (Å²) in [6.07, 6.45) is -0.441. The van der Waals surface area contributed by atoms with Crippen molar-refractivity contribution in [2.75, 3.05) is 0 Å². The molecule has 0 spiro atoms. The first kappa shape index (κ1) is 9.56. The third-order valence-corrected chi connectivity index (χ3v) is 2.09. The highest BCUT2D eigenvalue weighted by molar-refractivity contribution is 6.30. The molecule has 0 heterocycles. The van der Waals surface area contributed by atoms with E-state index in [1.54, 1.807) is 13.0 Å². The largest absolute Gasteiger partial charge is 0.393 e. The van der Waals surface area contributed by atoms with E-state index < -0.39 is 6.10 Å². The van der Waals surface area contributed by atoms with Crippen molar-refractivity contribution in [2.45, 2.75) is 18.9 Å². The van der Waals surface area contributed by atoms with Gasteiger partial charge in [0.2, 0.25) is 0 Å². The molecule has 1 N–H and O–H groups in total. The van der Waals surface area contributed by atoms with Gasteiger partial charge in [-0.15, -0.1) is 0 Å². The fourth-order valence-electron chi connectivity index (χ4n) is 1.02. The minimum absolute atomic E-state index is 0.108. The number of benzene rings is 1. The summed E-state index contributed by atoms with van der Waals surface area (Å²) in [5, 5.41) is 9.94. The first-order chi connectivity index (χ1) is 5.61. The van der Waals surface area contributed by atoms with Gasteiger partial charge in [-0.25, -0.2) is 0 Å². The van der Waals surface area contributed by atoms with Gasteiger partial charge in [-0.05, 0) is 31.5 Å². The van der Waals surface area contributed by atoms with Crippen LogP contribution in [0.2, 0.25) is 5.02 Å². The van der Waals surface area contributed by atoms with Crippen molar-refractivity contribution in [3.8, 4) is 0 Å². The van der Waals surface area contributed by atoms with Crippen molar-refractivity contribution in [3.05, 3.63) is 41.8 Å². The monoisotopic (exact) mass is 183 g/mol. The second-order valence-electron chi connectivity index (χ2n) is 2.90. The van der Waals surface area contributed by atoms with Crippen molar-refractivity contribution in [1.29, 1.82) is 0 Å². The number of aliphatic hydroxyl groups is 1. The molecule has 0 aliphatic heterocycles. The molecular weight excluding hydrogens is 172 g/mol. The Bertz CT molecular complexity index is 258. The Kier molecular flexibility index (Phi) is 3.12. The van der Waals surface area contributed by atoms with Crippen LogP contribution in [0.5, 0.6) is 0 Å². The maximum absolute atomic E-state index is 9.26. The van der Waals surface area contributed by atoms with E-state index in [9.17, 15) is 5.11 Å². The Morgan fingerprint density at radius 1 is 1.50 bits per heavy atom. The number of hydrogen-bond donors (Lipinski definition) is 1. The molecule has 0 aromatic heterocycles. The molecule has 0 saturated carbocycles. The minimum Gasteiger partial charge on any atom is -0.393 e. The predicted octanol–water partition coefficient (Wildman–Crippen LogP) is 2.64. The van der Waals surface area contributed by atoms with Gasteiger partial charge in [0.15, 0.2) is 0 Å². The van der Waals surface area contributed by atoms with Crippen LogP contribution in [0.1, 0.15) is 18.4 Å². The van der Waals surface area contributed by atoms with Gasteiger partial charge in [0.25, 0.3) is 0 Å². The molecule has 1 rings (SSSR count). The lowest BCUT2D eigenvalue weighted by molar-refractivity contribution is 0.178. The van der Waals surface area contributed by atoms with Crippen molar-refractivity contribution < 1.29 is 5.11 Å². The molecule has 2 heteroatoms. The highest BCUT2D eigenvalue weighted by atomic mass is 35.5. The summed E-state index contributed by atoms with van der Waals surface area (Å²) in [6.45, 7) is 5.56. The van der Waals surface area contributed by atoms with E-state index >= 15 is 0 Å². The van der Waals surface area contributed by atoms with Gasteiger partial charge in [0.05, 0.1) is 6.10 Å². The summed E-state index contributed by atoms with van der Waals surface area (Å²) < 4.78 is 0. The van der Waals surface area contributed by atoms with Crippen molar-refractivity contribution in [3.63, 3.8) is 0 Å².